The van der Waals surface area contributed by atoms with E-state index in [0.29, 0.717) is 12.1 Å². The summed E-state index contributed by atoms with van der Waals surface area (Å²) < 4.78 is 3.12. The summed E-state index contributed by atoms with van der Waals surface area (Å²) in [5, 5.41) is 3.18. The van der Waals surface area contributed by atoms with Crippen LogP contribution >= 0.6 is 27.7 Å². The van der Waals surface area contributed by atoms with Gasteiger partial charge in [-0.05, 0) is 59.2 Å². The highest BCUT2D eigenvalue weighted by atomic mass is 79.9. The van der Waals surface area contributed by atoms with Crippen molar-refractivity contribution in [2.24, 2.45) is 0 Å². The zero-order valence-electron chi connectivity index (χ0n) is 10.2. The molecular weight excluding hydrogens is 312 g/mol. The second-order valence-electron chi connectivity index (χ2n) is 5.04. The molecule has 1 amide bonds. The van der Waals surface area contributed by atoms with Gasteiger partial charge in [-0.15, -0.1) is 0 Å². The fourth-order valence-electron chi connectivity index (χ4n) is 2.38. The Kier molecular flexibility index (Phi) is 3.71. The fourth-order valence-corrected chi connectivity index (χ4v) is 3.93. The number of carbonyl (C=O) groups is 1. The molecule has 3 rings (SSSR count). The maximum atomic E-state index is 12.3. The Morgan fingerprint density at radius 2 is 2.06 bits per heavy atom. The van der Waals surface area contributed by atoms with Gasteiger partial charge < -0.3 is 9.88 Å². The minimum Gasteiger partial charge on any atom is -0.348 e. The molecule has 5 heteroatoms. The van der Waals surface area contributed by atoms with Crippen LogP contribution in [0.3, 0.4) is 0 Å². The molecule has 1 aliphatic heterocycles. The Bertz CT molecular complexity index is 450. The number of hydrogen-bond acceptors (Lipinski definition) is 2. The van der Waals surface area contributed by atoms with Gasteiger partial charge in [0.2, 0.25) is 0 Å². The van der Waals surface area contributed by atoms with E-state index in [2.05, 4.69) is 25.8 Å². The van der Waals surface area contributed by atoms with Crippen LogP contribution in [0.15, 0.2) is 16.7 Å². The molecule has 0 radical (unpaired) electrons. The van der Waals surface area contributed by atoms with E-state index in [0.717, 1.165) is 34.5 Å². The van der Waals surface area contributed by atoms with Crippen LogP contribution in [-0.2, 0) is 0 Å². The highest BCUT2D eigenvalue weighted by Gasteiger charge is 2.28. The van der Waals surface area contributed by atoms with Crippen molar-refractivity contribution >= 4 is 33.6 Å². The minimum absolute atomic E-state index is 0.0875. The second-order valence-corrected chi connectivity index (χ2v) is 7.18. The van der Waals surface area contributed by atoms with Gasteiger partial charge in [0.25, 0.3) is 5.91 Å². The summed E-state index contributed by atoms with van der Waals surface area (Å²) in [5.74, 6) is 2.42. The van der Waals surface area contributed by atoms with Crippen LogP contribution in [-0.4, -0.2) is 28.0 Å². The average Bonchev–Trinajstić information content (AvgIpc) is 3.13. The first kappa shape index (κ1) is 12.6. The Morgan fingerprint density at radius 1 is 1.33 bits per heavy atom. The van der Waals surface area contributed by atoms with Crippen LogP contribution in [0.1, 0.15) is 42.2 Å². The van der Waals surface area contributed by atoms with Crippen LogP contribution in [0.4, 0.5) is 0 Å². The summed E-state index contributed by atoms with van der Waals surface area (Å²) in [6, 6.07) is 2.84. The third kappa shape index (κ3) is 2.77. The smallest absolute Gasteiger partial charge is 0.268 e. The molecule has 1 N–H and O–H groups in total. The third-order valence-corrected chi connectivity index (χ3v) is 5.03. The number of hydrogen-bond donors (Lipinski definition) is 1. The van der Waals surface area contributed by atoms with Crippen molar-refractivity contribution in [1.29, 1.82) is 0 Å². The Hall–Kier alpha value is -0.420. The number of halogens is 1. The molecule has 1 aliphatic carbocycles. The lowest BCUT2D eigenvalue weighted by Crippen LogP contribution is -2.38. The van der Waals surface area contributed by atoms with Crippen LogP contribution in [0.25, 0.3) is 0 Å². The number of nitrogens with one attached hydrogen (secondary N) is 1. The number of nitrogens with zero attached hydrogens (tertiary/aromatic N) is 1. The summed E-state index contributed by atoms with van der Waals surface area (Å²) in [6.07, 6.45) is 6.62. The van der Waals surface area contributed by atoms with Crippen LogP contribution in [0.5, 0.6) is 0 Å². The van der Waals surface area contributed by atoms with Crippen molar-refractivity contribution in [3.8, 4) is 0 Å². The van der Waals surface area contributed by atoms with Crippen molar-refractivity contribution in [3.05, 3.63) is 22.4 Å². The molecule has 0 spiro atoms. The van der Waals surface area contributed by atoms with Gasteiger partial charge in [0.15, 0.2) is 0 Å². The van der Waals surface area contributed by atoms with E-state index in [4.69, 9.17) is 0 Å². The van der Waals surface area contributed by atoms with E-state index in [-0.39, 0.29) is 5.91 Å². The van der Waals surface area contributed by atoms with Gasteiger partial charge in [-0.2, -0.15) is 11.8 Å². The van der Waals surface area contributed by atoms with E-state index in [1.165, 1.54) is 12.8 Å². The van der Waals surface area contributed by atoms with E-state index < -0.39 is 0 Å². The fraction of sp³-hybridized carbons (Fsp3) is 0.615. The maximum Gasteiger partial charge on any atom is 0.268 e. The molecule has 1 saturated heterocycles. The predicted molar refractivity (Wildman–Crippen MR) is 78.2 cm³/mol. The van der Waals surface area contributed by atoms with Gasteiger partial charge in [0.05, 0.1) is 0 Å². The first-order valence-electron chi connectivity index (χ1n) is 6.50. The lowest BCUT2D eigenvalue weighted by molar-refractivity contribution is 0.0925. The normalized spacial score (nSPS) is 20.9. The molecule has 0 unspecified atom stereocenters. The van der Waals surface area contributed by atoms with Crippen LogP contribution in [0.2, 0.25) is 0 Å². The number of rotatable bonds is 3. The Balaban J connectivity index is 1.71. The van der Waals surface area contributed by atoms with Crippen molar-refractivity contribution in [2.75, 3.05) is 11.5 Å². The molecular formula is C13H17BrN2OS. The van der Waals surface area contributed by atoms with E-state index in [9.17, 15) is 4.79 Å². The third-order valence-electron chi connectivity index (χ3n) is 3.54. The van der Waals surface area contributed by atoms with E-state index in [1.54, 1.807) is 0 Å². The number of thioether (sulfide) groups is 1. The van der Waals surface area contributed by atoms with Crippen LogP contribution in [0, 0.1) is 0 Å². The average molecular weight is 329 g/mol. The molecule has 2 aliphatic rings. The summed E-state index contributed by atoms with van der Waals surface area (Å²) in [4.78, 5) is 12.3. The standard InChI is InChI=1S/C13H17BrN2OS/c14-9-7-12(16(8-9)11-1-2-11)13(17)15-10-3-5-18-6-4-10/h7-8,10-11H,1-6H2,(H,15,17). The highest BCUT2D eigenvalue weighted by molar-refractivity contribution is 9.10. The minimum atomic E-state index is 0.0875. The number of aromatic nitrogens is 1. The number of amides is 1. The van der Waals surface area contributed by atoms with Gasteiger partial charge in [-0.1, -0.05) is 0 Å². The van der Waals surface area contributed by atoms with E-state index >= 15 is 0 Å². The lowest BCUT2D eigenvalue weighted by atomic mass is 10.1. The molecule has 3 nitrogen and oxygen atoms in total. The molecule has 18 heavy (non-hydrogen) atoms. The Labute approximate surface area is 120 Å². The first-order valence-corrected chi connectivity index (χ1v) is 8.45. The Morgan fingerprint density at radius 3 is 2.72 bits per heavy atom. The highest BCUT2D eigenvalue weighted by Crippen LogP contribution is 2.37. The topological polar surface area (TPSA) is 34.0 Å². The van der Waals surface area contributed by atoms with Gasteiger partial charge in [-0.3, -0.25) is 4.79 Å². The number of carbonyl (C=O) groups excluding carboxylic acids is 1. The molecule has 2 fully saturated rings. The SMILES string of the molecule is O=C(NC1CCSCC1)c1cc(Br)cn1C1CC1. The molecule has 1 saturated carbocycles. The second kappa shape index (κ2) is 5.29. The zero-order chi connectivity index (χ0) is 12.5. The monoisotopic (exact) mass is 328 g/mol. The molecule has 98 valence electrons. The van der Waals surface area contributed by atoms with Crippen molar-refractivity contribution in [2.45, 2.75) is 37.8 Å². The predicted octanol–water partition coefficient (Wildman–Crippen LogP) is 3.21. The molecule has 0 bridgehead atoms. The summed E-state index contributed by atoms with van der Waals surface area (Å²) in [6.45, 7) is 0. The molecule has 2 heterocycles. The summed E-state index contributed by atoms with van der Waals surface area (Å²) in [5.41, 5.74) is 0.808. The molecule has 1 aromatic rings. The van der Waals surface area contributed by atoms with Gasteiger partial charge >= 0.3 is 0 Å². The first-order chi connectivity index (χ1) is 8.74. The quantitative estimate of drug-likeness (QED) is 0.924. The van der Waals surface area contributed by atoms with E-state index in [1.807, 2.05) is 24.0 Å². The van der Waals surface area contributed by atoms with Gasteiger partial charge in [0, 0.05) is 22.8 Å². The molecule has 0 atom stereocenters. The lowest BCUT2D eigenvalue weighted by Gasteiger charge is -2.22. The zero-order valence-corrected chi connectivity index (χ0v) is 12.6. The summed E-state index contributed by atoms with van der Waals surface area (Å²) in [7, 11) is 0. The maximum absolute atomic E-state index is 12.3. The van der Waals surface area contributed by atoms with Crippen molar-refractivity contribution in [1.82, 2.24) is 9.88 Å². The molecule has 1 aromatic heterocycles. The van der Waals surface area contributed by atoms with Crippen molar-refractivity contribution < 1.29 is 4.79 Å². The van der Waals surface area contributed by atoms with Gasteiger partial charge in [0.1, 0.15) is 5.69 Å². The summed E-state index contributed by atoms with van der Waals surface area (Å²) >= 11 is 5.45. The van der Waals surface area contributed by atoms with Crippen LogP contribution < -0.4 is 5.32 Å². The van der Waals surface area contributed by atoms with Gasteiger partial charge in [-0.25, -0.2) is 0 Å². The van der Waals surface area contributed by atoms with Crippen molar-refractivity contribution in [3.63, 3.8) is 0 Å². The molecule has 0 aromatic carbocycles. The largest absolute Gasteiger partial charge is 0.348 e.